The number of ether oxygens (including phenoxy) is 1. The van der Waals surface area contributed by atoms with Crippen LogP contribution in [-0.4, -0.2) is 31.5 Å². The van der Waals surface area contributed by atoms with Gasteiger partial charge in [0.1, 0.15) is 5.75 Å². The van der Waals surface area contributed by atoms with Gasteiger partial charge in [-0.1, -0.05) is 181 Å². The zero-order valence-corrected chi connectivity index (χ0v) is 31.4. The Balaban J connectivity index is 2.36. The number of hydrogen-bond acceptors (Lipinski definition) is 3. The number of nitrogens with one attached hydrogen (secondary N) is 2. The van der Waals surface area contributed by atoms with Crippen LogP contribution >= 0.6 is 0 Å². The summed E-state index contributed by atoms with van der Waals surface area (Å²) in [6, 6.07) is 5.29. The van der Waals surface area contributed by atoms with Crippen LogP contribution in [0.15, 0.2) is 18.2 Å². The molecule has 0 heterocycles. The second-order valence-corrected chi connectivity index (χ2v) is 13.9. The van der Waals surface area contributed by atoms with E-state index in [1.165, 1.54) is 141 Å². The predicted octanol–water partition coefficient (Wildman–Crippen LogP) is 12.5. The van der Waals surface area contributed by atoms with E-state index in [0.717, 1.165) is 38.5 Å². The third kappa shape index (κ3) is 24.7. The van der Waals surface area contributed by atoms with E-state index in [1.807, 2.05) is 0 Å². The first-order valence-electron chi connectivity index (χ1n) is 20.5. The molecule has 2 amide bonds. The van der Waals surface area contributed by atoms with Gasteiger partial charge in [0, 0.05) is 18.7 Å². The highest BCUT2D eigenvalue weighted by molar-refractivity contribution is 6.00. The fourth-order valence-corrected chi connectivity index (χ4v) is 6.21. The summed E-state index contributed by atoms with van der Waals surface area (Å²) in [5.74, 6) is 0.319. The molecule has 5 heteroatoms. The smallest absolute Gasteiger partial charge is 0.255 e. The van der Waals surface area contributed by atoms with E-state index < -0.39 is 0 Å². The molecular weight excluding hydrogens is 580 g/mol. The van der Waals surface area contributed by atoms with E-state index in [0.29, 0.717) is 36.6 Å². The van der Waals surface area contributed by atoms with Crippen LogP contribution in [0.1, 0.15) is 221 Å². The van der Waals surface area contributed by atoms with Crippen molar-refractivity contribution in [3.8, 4) is 5.75 Å². The lowest BCUT2D eigenvalue weighted by Crippen LogP contribution is -2.26. The average Bonchev–Trinajstić information content (AvgIpc) is 3.08. The van der Waals surface area contributed by atoms with Crippen LogP contribution in [0.25, 0.3) is 0 Å². The third-order valence-corrected chi connectivity index (χ3v) is 9.38. The molecule has 47 heavy (non-hydrogen) atoms. The van der Waals surface area contributed by atoms with Crippen LogP contribution in [0.2, 0.25) is 0 Å². The lowest BCUT2D eigenvalue weighted by atomic mass is 10.1. The Hall–Kier alpha value is -2.04. The van der Waals surface area contributed by atoms with Crippen molar-refractivity contribution < 1.29 is 14.3 Å². The van der Waals surface area contributed by atoms with Crippen molar-refractivity contribution in [3.05, 3.63) is 29.3 Å². The summed E-state index contributed by atoms with van der Waals surface area (Å²) >= 11 is 0. The SMILES string of the molecule is CCCCCCCCCCCCCCNC(=O)c1ccc(C(=O)NCCCCCCCCCCCCCC)c(OCCCCCC)c1. The minimum atomic E-state index is -0.111. The summed E-state index contributed by atoms with van der Waals surface area (Å²) in [5.41, 5.74) is 1.09. The molecule has 0 bridgehead atoms. The molecule has 0 spiro atoms. The van der Waals surface area contributed by atoms with Crippen molar-refractivity contribution >= 4 is 11.8 Å². The van der Waals surface area contributed by atoms with Gasteiger partial charge in [-0.2, -0.15) is 0 Å². The highest BCUT2D eigenvalue weighted by atomic mass is 16.5. The summed E-state index contributed by atoms with van der Waals surface area (Å²) in [4.78, 5) is 26.0. The van der Waals surface area contributed by atoms with Crippen molar-refractivity contribution in [3.63, 3.8) is 0 Å². The van der Waals surface area contributed by atoms with Crippen molar-refractivity contribution in [1.29, 1.82) is 0 Å². The first-order valence-corrected chi connectivity index (χ1v) is 20.5. The van der Waals surface area contributed by atoms with E-state index in [1.54, 1.807) is 18.2 Å². The first-order chi connectivity index (χ1) is 23.1. The van der Waals surface area contributed by atoms with E-state index >= 15 is 0 Å². The monoisotopic (exact) mass is 657 g/mol. The quantitative estimate of drug-likeness (QED) is 0.0725. The molecule has 0 aliphatic rings. The van der Waals surface area contributed by atoms with Crippen molar-refractivity contribution in [1.82, 2.24) is 10.6 Å². The van der Waals surface area contributed by atoms with Crippen LogP contribution in [0.4, 0.5) is 0 Å². The highest BCUT2D eigenvalue weighted by Crippen LogP contribution is 2.22. The Bertz CT molecular complexity index is 871. The molecule has 0 saturated carbocycles. The number of rotatable bonds is 34. The standard InChI is InChI=1S/C42H76N2O3/c1-4-7-10-13-15-17-19-21-23-25-27-29-34-43-41(45)38-32-33-39(40(37-38)47-36-31-12-9-6-3)42(46)44-35-30-28-26-24-22-20-18-16-14-11-8-5-2/h32-33,37H,4-31,34-36H2,1-3H3,(H,43,45)(H,44,46). The molecule has 5 nitrogen and oxygen atoms in total. The number of benzene rings is 1. The molecule has 1 rings (SSSR count). The highest BCUT2D eigenvalue weighted by Gasteiger charge is 2.16. The van der Waals surface area contributed by atoms with Crippen LogP contribution in [0.5, 0.6) is 5.75 Å². The molecule has 1 aromatic carbocycles. The van der Waals surface area contributed by atoms with Crippen LogP contribution < -0.4 is 15.4 Å². The van der Waals surface area contributed by atoms with Gasteiger partial charge < -0.3 is 15.4 Å². The molecule has 0 atom stereocenters. The molecule has 0 aromatic heterocycles. The molecule has 0 fully saturated rings. The second kappa shape index (κ2) is 32.5. The minimum absolute atomic E-state index is 0.0904. The number of hydrogen-bond donors (Lipinski definition) is 2. The van der Waals surface area contributed by atoms with Crippen molar-refractivity contribution in [2.24, 2.45) is 0 Å². The van der Waals surface area contributed by atoms with Gasteiger partial charge >= 0.3 is 0 Å². The van der Waals surface area contributed by atoms with Crippen LogP contribution in [0, 0.1) is 0 Å². The summed E-state index contributed by atoms with van der Waals surface area (Å²) < 4.78 is 6.10. The molecule has 0 aliphatic heterocycles. The van der Waals surface area contributed by atoms with Crippen LogP contribution in [-0.2, 0) is 0 Å². The first kappa shape index (κ1) is 43.0. The molecule has 1 aromatic rings. The van der Waals surface area contributed by atoms with Gasteiger partial charge in [-0.15, -0.1) is 0 Å². The molecule has 2 N–H and O–H groups in total. The predicted molar refractivity (Wildman–Crippen MR) is 203 cm³/mol. The molecule has 0 aliphatic carbocycles. The minimum Gasteiger partial charge on any atom is -0.493 e. The molecule has 0 radical (unpaired) electrons. The topological polar surface area (TPSA) is 67.4 Å². The maximum Gasteiger partial charge on any atom is 0.255 e. The van der Waals surface area contributed by atoms with E-state index in [9.17, 15) is 9.59 Å². The maximum absolute atomic E-state index is 13.1. The Morgan fingerprint density at radius 2 is 0.830 bits per heavy atom. The number of amides is 2. The summed E-state index contributed by atoms with van der Waals surface area (Å²) in [6.07, 6.45) is 35.7. The molecule has 0 unspecified atom stereocenters. The molecule has 0 saturated heterocycles. The Morgan fingerprint density at radius 3 is 1.26 bits per heavy atom. The summed E-state index contributed by atoms with van der Waals surface area (Å²) in [7, 11) is 0. The van der Waals surface area contributed by atoms with Gasteiger partial charge in [0.2, 0.25) is 0 Å². The molecular formula is C42H76N2O3. The van der Waals surface area contributed by atoms with Gasteiger partial charge in [-0.05, 0) is 37.5 Å². The van der Waals surface area contributed by atoms with Crippen LogP contribution in [0.3, 0.4) is 0 Å². The Labute approximate surface area is 291 Å². The lowest BCUT2D eigenvalue weighted by Gasteiger charge is -2.14. The number of unbranched alkanes of at least 4 members (excludes halogenated alkanes) is 25. The largest absolute Gasteiger partial charge is 0.493 e. The van der Waals surface area contributed by atoms with E-state index in [-0.39, 0.29) is 11.8 Å². The van der Waals surface area contributed by atoms with Crippen molar-refractivity contribution in [2.75, 3.05) is 19.7 Å². The average molecular weight is 657 g/mol. The Kier molecular flexibility index (Phi) is 29.7. The van der Waals surface area contributed by atoms with Gasteiger partial charge in [0.05, 0.1) is 12.2 Å². The second-order valence-electron chi connectivity index (χ2n) is 13.9. The Morgan fingerprint density at radius 1 is 0.468 bits per heavy atom. The number of carbonyl (C=O) groups excluding carboxylic acids is 2. The van der Waals surface area contributed by atoms with Gasteiger partial charge in [0.15, 0.2) is 0 Å². The van der Waals surface area contributed by atoms with E-state index in [2.05, 4.69) is 31.4 Å². The fourth-order valence-electron chi connectivity index (χ4n) is 6.21. The zero-order valence-electron chi connectivity index (χ0n) is 31.4. The summed E-state index contributed by atoms with van der Waals surface area (Å²) in [6.45, 7) is 8.65. The fraction of sp³-hybridized carbons (Fsp3) is 0.810. The maximum atomic E-state index is 13.1. The van der Waals surface area contributed by atoms with Gasteiger partial charge in [-0.25, -0.2) is 0 Å². The van der Waals surface area contributed by atoms with E-state index in [4.69, 9.17) is 4.74 Å². The summed E-state index contributed by atoms with van der Waals surface area (Å²) in [5, 5.41) is 6.17. The third-order valence-electron chi connectivity index (χ3n) is 9.38. The molecule has 272 valence electrons. The number of carbonyl (C=O) groups is 2. The zero-order chi connectivity index (χ0) is 34.0. The lowest BCUT2D eigenvalue weighted by molar-refractivity contribution is 0.0937. The van der Waals surface area contributed by atoms with Crippen molar-refractivity contribution in [2.45, 2.75) is 201 Å². The normalized spacial score (nSPS) is 11.1. The van der Waals surface area contributed by atoms with Gasteiger partial charge in [-0.3, -0.25) is 9.59 Å². The van der Waals surface area contributed by atoms with Gasteiger partial charge in [0.25, 0.3) is 11.8 Å².